The predicted octanol–water partition coefficient (Wildman–Crippen LogP) is 4.15. The van der Waals surface area contributed by atoms with Crippen LogP contribution in [0, 0.1) is 6.57 Å². The van der Waals surface area contributed by atoms with Crippen molar-refractivity contribution in [3.05, 3.63) is 35.2 Å². The summed E-state index contributed by atoms with van der Waals surface area (Å²) in [4.78, 5) is 3.89. The number of anilines is 1. The van der Waals surface area contributed by atoms with Crippen LogP contribution in [0.5, 0.6) is 0 Å². The molecule has 0 amide bonds. The topological polar surface area (TPSA) is 27.8 Å². The van der Waals surface area contributed by atoms with E-state index in [1.165, 1.54) is 6.07 Å². The molecule has 0 spiro atoms. The second kappa shape index (κ2) is 5.92. The molecule has 0 unspecified atom stereocenters. The fourth-order valence-corrected chi connectivity index (χ4v) is 2.69. The number of rotatable bonds is 2. The average molecular weight is 338 g/mol. The van der Waals surface area contributed by atoms with Crippen molar-refractivity contribution in [2.45, 2.75) is 37.3 Å². The average Bonchev–Trinajstić information content (AvgIpc) is 2.93. The van der Waals surface area contributed by atoms with Gasteiger partial charge in [-0.15, -0.1) is 0 Å². The summed E-state index contributed by atoms with van der Waals surface area (Å²) in [5.74, 6) is 0. The normalized spacial score (nSPS) is 20.4. The Hall–Kier alpha value is -1.95. The number of hydrogen-bond acceptors (Lipinski definition) is 2. The minimum absolute atomic E-state index is 0.0204. The Bertz CT molecular complexity index is 619. The molecule has 2 atom stereocenters. The molecule has 1 heterocycles. The minimum Gasteiger partial charge on any atom is -0.382 e. The highest BCUT2D eigenvalue weighted by molar-refractivity contribution is 5.63. The number of halogens is 6. The molecule has 126 valence electrons. The van der Waals surface area contributed by atoms with Crippen molar-refractivity contribution in [2.75, 3.05) is 11.4 Å². The van der Waals surface area contributed by atoms with Gasteiger partial charge in [-0.05, 0) is 25.0 Å². The van der Waals surface area contributed by atoms with Crippen LogP contribution >= 0.6 is 0 Å². The van der Waals surface area contributed by atoms with Crippen molar-refractivity contribution in [2.24, 2.45) is 0 Å². The van der Waals surface area contributed by atoms with Crippen molar-refractivity contribution in [3.63, 3.8) is 0 Å². The lowest BCUT2D eigenvalue weighted by atomic mass is 10.1. The molecule has 23 heavy (non-hydrogen) atoms. The highest BCUT2D eigenvalue weighted by Crippen LogP contribution is 2.41. The molecule has 1 aliphatic rings. The third-order valence-electron chi connectivity index (χ3n) is 3.74. The van der Waals surface area contributed by atoms with Crippen molar-refractivity contribution < 1.29 is 31.4 Å². The Labute approximate surface area is 127 Å². The fraction of sp³-hybridized carbons (Fsp3) is 0.500. The van der Waals surface area contributed by atoms with Gasteiger partial charge in [-0.3, -0.25) is 0 Å². The summed E-state index contributed by atoms with van der Waals surface area (Å²) in [5.41, 5.74) is -1.90. The molecule has 1 N–H and O–H groups in total. The largest absolute Gasteiger partial charge is 0.416 e. The molecule has 9 heteroatoms. The summed E-state index contributed by atoms with van der Waals surface area (Å²) >= 11 is 0. The summed E-state index contributed by atoms with van der Waals surface area (Å²) in [6, 6.07) is 1.43. The first kappa shape index (κ1) is 17.4. The quantitative estimate of drug-likeness (QED) is 0.648. The molecular formula is C14H12F6N2O. The summed E-state index contributed by atoms with van der Waals surface area (Å²) in [6.45, 7) is 6.86. The zero-order valence-corrected chi connectivity index (χ0v) is 11.6. The first-order valence-corrected chi connectivity index (χ1v) is 6.66. The molecule has 3 nitrogen and oxygen atoms in total. The lowest BCUT2D eigenvalue weighted by Crippen LogP contribution is -2.47. The summed E-state index contributed by atoms with van der Waals surface area (Å²) in [5, 5.41) is 9.41. The maximum absolute atomic E-state index is 13.0. The van der Waals surface area contributed by atoms with Gasteiger partial charge in [-0.2, -0.15) is 26.3 Å². The van der Waals surface area contributed by atoms with Crippen LogP contribution in [0.4, 0.5) is 37.7 Å². The van der Waals surface area contributed by atoms with Crippen molar-refractivity contribution >= 4 is 11.4 Å². The smallest absolute Gasteiger partial charge is 0.382 e. The summed E-state index contributed by atoms with van der Waals surface area (Å²) in [7, 11) is 0. The van der Waals surface area contributed by atoms with Gasteiger partial charge in [-0.25, -0.2) is 4.85 Å². The fourth-order valence-electron chi connectivity index (χ4n) is 2.69. The Morgan fingerprint density at radius 3 is 2.39 bits per heavy atom. The lowest BCUT2D eigenvalue weighted by molar-refractivity contribution is -0.209. The van der Waals surface area contributed by atoms with Crippen LogP contribution in [0.15, 0.2) is 18.2 Å². The molecule has 2 rings (SSSR count). The van der Waals surface area contributed by atoms with Crippen molar-refractivity contribution in [1.82, 2.24) is 0 Å². The van der Waals surface area contributed by atoms with E-state index < -0.39 is 35.7 Å². The van der Waals surface area contributed by atoms with Crippen LogP contribution < -0.4 is 4.90 Å². The van der Waals surface area contributed by atoms with Crippen LogP contribution in [0.3, 0.4) is 0 Å². The van der Waals surface area contributed by atoms with Gasteiger partial charge in [0.05, 0.1) is 18.2 Å². The lowest BCUT2D eigenvalue weighted by Gasteiger charge is -2.32. The number of alkyl halides is 6. The molecule has 0 bridgehead atoms. The second-order valence-corrected chi connectivity index (χ2v) is 5.20. The zero-order valence-electron chi connectivity index (χ0n) is 11.6. The van der Waals surface area contributed by atoms with Gasteiger partial charge in [-0.1, -0.05) is 6.07 Å². The van der Waals surface area contributed by atoms with E-state index in [1.807, 2.05) is 0 Å². The number of aliphatic hydroxyl groups excluding tert-OH is 1. The molecule has 1 aromatic rings. The first-order valence-electron chi connectivity index (χ1n) is 6.66. The van der Waals surface area contributed by atoms with Crippen molar-refractivity contribution in [3.8, 4) is 0 Å². The number of benzene rings is 1. The molecule has 1 fully saturated rings. The SMILES string of the molecule is [C-]#[N+]c1ccc(N2CCC[C@@H]2[C@H](O)C(F)(F)F)cc1C(F)(F)F. The van der Waals surface area contributed by atoms with E-state index in [1.54, 1.807) is 0 Å². The van der Waals surface area contributed by atoms with Crippen LogP contribution in [0.2, 0.25) is 0 Å². The van der Waals surface area contributed by atoms with Crippen LogP contribution in [0.1, 0.15) is 18.4 Å². The number of aliphatic hydroxyl groups is 1. The second-order valence-electron chi connectivity index (χ2n) is 5.20. The van der Waals surface area contributed by atoms with Crippen LogP contribution in [-0.2, 0) is 6.18 Å². The van der Waals surface area contributed by atoms with Gasteiger partial charge < -0.3 is 10.0 Å². The molecule has 0 radical (unpaired) electrons. The molecule has 1 aliphatic heterocycles. The summed E-state index contributed by atoms with van der Waals surface area (Å²) in [6.07, 6.45) is -11.9. The molecule has 1 aromatic carbocycles. The summed E-state index contributed by atoms with van der Waals surface area (Å²) < 4.78 is 76.9. The van der Waals surface area contributed by atoms with E-state index in [4.69, 9.17) is 6.57 Å². The molecule has 0 aromatic heterocycles. The molecule has 0 aliphatic carbocycles. The monoisotopic (exact) mass is 338 g/mol. The maximum Gasteiger partial charge on any atom is 0.416 e. The van der Waals surface area contributed by atoms with Gasteiger partial charge in [0, 0.05) is 12.2 Å². The van der Waals surface area contributed by atoms with Gasteiger partial charge >= 0.3 is 12.4 Å². The third kappa shape index (κ3) is 3.52. The van der Waals surface area contributed by atoms with E-state index in [0.717, 1.165) is 11.0 Å². The standard InChI is InChI=1S/C14H12F6N2O/c1-21-10-5-4-8(7-9(10)13(15,16)17)22-6-2-3-11(22)12(23)14(18,19)20/h4-5,7,11-12,23H,2-3,6H2/t11-,12+/m1/s1. The third-order valence-corrected chi connectivity index (χ3v) is 3.74. The van der Waals surface area contributed by atoms with Gasteiger partial charge in [0.25, 0.3) is 0 Å². The highest BCUT2D eigenvalue weighted by Gasteiger charge is 2.47. The van der Waals surface area contributed by atoms with E-state index in [9.17, 15) is 31.4 Å². The van der Waals surface area contributed by atoms with Gasteiger partial charge in [0.15, 0.2) is 11.8 Å². The Balaban J connectivity index is 2.40. The Morgan fingerprint density at radius 2 is 1.87 bits per heavy atom. The molecular weight excluding hydrogens is 326 g/mol. The maximum atomic E-state index is 13.0. The predicted molar refractivity (Wildman–Crippen MR) is 70.1 cm³/mol. The highest BCUT2D eigenvalue weighted by atomic mass is 19.4. The minimum atomic E-state index is -4.85. The first-order chi connectivity index (χ1) is 10.6. The Kier molecular flexibility index (Phi) is 4.48. The van der Waals surface area contributed by atoms with E-state index >= 15 is 0 Å². The van der Waals surface area contributed by atoms with E-state index in [2.05, 4.69) is 4.85 Å². The van der Waals surface area contributed by atoms with Crippen molar-refractivity contribution in [1.29, 1.82) is 0 Å². The molecule has 0 saturated carbocycles. The number of hydrogen-bond donors (Lipinski definition) is 1. The molecule has 1 saturated heterocycles. The Morgan fingerprint density at radius 1 is 1.22 bits per heavy atom. The van der Waals surface area contributed by atoms with Gasteiger partial charge in [0.1, 0.15) is 0 Å². The van der Waals surface area contributed by atoms with E-state index in [0.29, 0.717) is 12.5 Å². The zero-order chi connectivity index (χ0) is 17.4. The van der Waals surface area contributed by atoms with E-state index in [-0.39, 0.29) is 18.7 Å². The van der Waals surface area contributed by atoms with Crippen LogP contribution in [-0.4, -0.2) is 30.0 Å². The van der Waals surface area contributed by atoms with Gasteiger partial charge in [0.2, 0.25) is 0 Å². The number of nitrogens with zero attached hydrogens (tertiary/aromatic N) is 2. The van der Waals surface area contributed by atoms with Crippen LogP contribution in [0.25, 0.3) is 4.85 Å².